The highest BCUT2D eigenvalue weighted by molar-refractivity contribution is 5.64. The quantitative estimate of drug-likeness (QED) is 0.903. The summed E-state index contributed by atoms with van der Waals surface area (Å²) in [6.45, 7) is 3.73. The Labute approximate surface area is 148 Å². The lowest BCUT2D eigenvalue weighted by molar-refractivity contribution is -0.139. The number of alkyl halides is 3. The van der Waals surface area contributed by atoms with Crippen molar-refractivity contribution in [2.24, 2.45) is 0 Å². The van der Waals surface area contributed by atoms with Crippen LogP contribution in [0.2, 0.25) is 0 Å². The Bertz CT molecular complexity index is 860. The zero-order valence-corrected chi connectivity index (χ0v) is 14.3. The number of benzene rings is 1. The van der Waals surface area contributed by atoms with Crippen molar-refractivity contribution in [3.05, 3.63) is 52.3 Å². The van der Waals surface area contributed by atoms with Gasteiger partial charge in [-0.05, 0) is 25.5 Å². The molecular weight excluding hydrogens is 349 g/mol. The SMILES string of the molecule is CC1(C)OCC(Cn2c(-c3ccccc3)cc(C(F)(F)F)c(N)c2=O)O1. The molecule has 0 radical (unpaired) electrons. The smallest absolute Gasteiger partial charge is 0.394 e. The van der Waals surface area contributed by atoms with Gasteiger partial charge < -0.3 is 19.8 Å². The van der Waals surface area contributed by atoms with Gasteiger partial charge in [-0.15, -0.1) is 0 Å². The van der Waals surface area contributed by atoms with Gasteiger partial charge in [-0.25, -0.2) is 0 Å². The van der Waals surface area contributed by atoms with Crippen LogP contribution in [0.25, 0.3) is 11.3 Å². The highest BCUT2D eigenvalue weighted by atomic mass is 19.4. The molecule has 1 aromatic heterocycles. The first-order valence-corrected chi connectivity index (χ1v) is 8.06. The van der Waals surface area contributed by atoms with Crippen LogP contribution in [0.4, 0.5) is 18.9 Å². The number of anilines is 1. The van der Waals surface area contributed by atoms with Crippen molar-refractivity contribution in [2.75, 3.05) is 12.3 Å². The van der Waals surface area contributed by atoms with Crippen LogP contribution in [0.5, 0.6) is 0 Å². The van der Waals surface area contributed by atoms with Gasteiger partial charge in [-0.3, -0.25) is 4.79 Å². The molecule has 1 fully saturated rings. The van der Waals surface area contributed by atoms with E-state index in [2.05, 4.69) is 0 Å². The second-order valence-corrected chi connectivity index (χ2v) is 6.59. The maximum Gasteiger partial charge on any atom is 0.418 e. The fourth-order valence-corrected chi connectivity index (χ4v) is 2.98. The highest BCUT2D eigenvalue weighted by Gasteiger charge is 2.37. The van der Waals surface area contributed by atoms with Crippen molar-refractivity contribution in [3.63, 3.8) is 0 Å². The highest BCUT2D eigenvalue weighted by Crippen LogP contribution is 2.35. The van der Waals surface area contributed by atoms with Crippen LogP contribution in [0.1, 0.15) is 19.4 Å². The number of hydrogen-bond acceptors (Lipinski definition) is 4. The van der Waals surface area contributed by atoms with Crippen LogP contribution in [0.3, 0.4) is 0 Å². The molecule has 1 saturated heterocycles. The van der Waals surface area contributed by atoms with Crippen LogP contribution in [-0.4, -0.2) is 23.1 Å². The lowest BCUT2D eigenvalue weighted by atomic mass is 10.1. The number of pyridine rings is 1. The third-order valence-corrected chi connectivity index (χ3v) is 4.17. The zero-order valence-electron chi connectivity index (χ0n) is 14.3. The molecular formula is C18H19F3N2O3. The van der Waals surface area contributed by atoms with Crippen molar-refractivity contribution in [3.8, 4) is 11.3 Å². The number of halogens is 3. The van der Waals surface area contributed by atoms with Gasteiger partial charge in [0.1, 0.15) is 11.8 Å². The van der Waals surface area contributed by atoms with E-state index in [0.29, 0.717) is 5.56 Å². The summed E-state index contributed by atoms with van der Waals surface area (Å²) in [5.74, 6) is -0.807. The van der Waals surface area contributed by atoms with E-state index in [1.165, 1.54) is 4.57 Å². The van der Waals surface area contributed by atoms with Gasteiger partial charge in [0.15, 0.2) is 5.79 Å². The van der Waals surface area contributed by atoms with E-state index in [-0.39, 0.29) is 18.8 Å². The summed E-state index contributed by atoms with van der Waals surface area (Å²) in [7, 11) is 0. The van der Waals surface area contributed by atoms with E-state index in [1.54, 1.807) is 44.2 Å². The number of nitrogens with zero attached hydrogens (tertiary/aromatic N) is 1. The average molecular weight is 368 g/mol. The van der Waals surface area contributed by atoms with E-state index < -0.39 is 34.9 Å². The van der Waals surface area contributed by atoms with Gasteiger partial charge in [0.2, 0.25) is 0 Å². The fourth-order valence-electron chi connectivity index (χ4n) is 2.98. The molecule has 0 amide bonds. The van der Waals surface area contributed by atoms with Gasteiger partial charge in [-0.2, -0.15) is 13.2 Å². The number of nitrogen functional groups attached to an aromatic ring is 1. The molecule has 1 atom stereocenters. The van der Waals surface area contributed by atoms with Crippen LogP contribution >= 0.6 is 0 Å². The van der Waals surface area contributed by atoms with Crippen molar-refractivity contribution in [1.29, 1.82) is 0 Å². The zero-order chi connectivity index (χ0) is 19.1. The molecule has 0 saturated carbocycles. The van der Waals surface area contributed by atoms with Crippen LogP contribution < -0.4 is 11.3 Å². The predicted molar refractivity (Wildman–Crippen MR) is 90.5 cm³/mol. The summed E-state index contributed by atoms with van der Waals surface area (Å²) in [6.07, 6.45) is -5.19. The average Bonchev–Trinajstić information content (AvgIpc) is 2.90. The molecule has 8 heteroatoms. The minimum atomic E-state index is -4.72. The Morgan fingerprint density at radius 1 is 1.27 bits per heavy atom. The van der Waals surface area contributed by atoms with E-state index >= 15 is 0 Å². The van der Waals surface area contributed by atoms with Gasteiger partial charge in [0, 0.05) is 0 Å². The molecule has 0 bridgehead atoms. The minimum Gasteiger partial charge on any atom is -0.394 e. The maximum absolute atomic E-state index is 13.3. The van der Waals surface area contributed by atoms with E-state index in [9.17, 15) is 18.0 Å². The first-order chi connectivity index (χ1) is 12.1. The standard InChI is InChI=1S/C18H19F3N2O3/c1-17(2)25-10-12(26-17)9-23-14(11-6-4-3-5-7-11)8-13(18(19,20)21)15(22)16(23)24/h3-8,12H,9-10,22H2,1-2H3. The van der Waals surface area contributed by atoms with Crippen molar-refractivity contribution in [2.45, 2.75) is 38.5 Å². The van der Waals surface area contributed by atoms with Crippen molar-refractivity contribution in [1.82, 2.24) is 4.57 Å². The Kier molecular flexibility index (Phi) is 4.58. The Balaban J connectivity index is 2.13. The van der Waals surface area contributed by atoms with Gasteiger partial charge in [0.25, 0.3) is 5.56 Å². The number of ether oxygens (including phenoxy) is 2. The molecule has 1 aliphatic heterocycles. The third-order valence-electron chi connectivity index (χ3n) is 4.17. The summed E-state index contributed by atoms with van der Waals surface area (Å²) < 4.78 is 52.2. The normalized spacial score (nSPS) is 19.7. The number of hydrogen-bond donors (Lipinski definition) is 1. The van der Waals surface area contributed by atoms with E-state index in [0.717, 1.165) is 6.07 Å². The molecule has 2 aromatic rings. The second-order valence-electron chi connectivity index (χ2n) is 6.59. The monoisotopic (exact) mass is 368 g/mol. The Morgan fingerprint density at radius 2 is 1.92 bits per heavy atom. The summed E-state index contributed by atoms with van der Waals surface area (Å²) >= 11 is 0. The van der Waals surface area contributed by atoms with E-state index in [4.69, 9.17) is 15.2 Å². The van der Waals surface area contributed by atoms with Gasteiger partial charge in [-0.1, -0.05) is 30.3 Å². The Morgan fingerprint density at radius 3 is 2.46 bits per heavy atom. The largest absolute Gasteiger partial charge is 0.418 e. The molecule has 2 heterocycles. The molecule has 26 heavy (non-hydrogen) atoms. The summed E-state index contributed by atoms with van der Waals surface area (Å²) in [4.78, 5) is 12.6. The molecule has 3 rings (SSSR count). The van der Waals surface area contributed by atoms with Crippen LogP contribution in [0, 0.1) is 0 Å². The molecule has 0 spiro atoms. The lowest BCUT2D eigenvalue weighted by Crippen LogP contribution is -2.33. The predicted octanol–water partition coefficient (Wildman–Crippen LogP) is 3.27. The molecule has 1 aliphatic rings. The number of aromatic nitrogens is 1. The molecule has 140 valence electrons. The second kappa shape index (κ2) is 6.44. The molecule has 0 aliphatic carbocycles. The minimum absolute atomic E-state index is 0.0365. The number of rotatable bonds is 3. The van der Waals surface area contributed by atoms with Gasteiger partial charge >= 0.3 is 6.18 Å². The maximum atomic E-state index is 13.3. The van der Waals surface area contributed by atoms with Gasteiger partial charge in [0.05, 0.1) is 24.4 Å². The molecule has 2 N–H and O–H groups in total. The van der Waals surface area contributed by atoms with Crippen molar-refractivity contribution >= 4 is 5.69 Å². The Hall–Kier alpha value is -2.32. The lowest BCUT2D eigenvalue weighted by Gasteiger charge is -2.21. The first kappa shape index (κ1) is 18.5. The summed E-state index contributed by atoms with van der Waals surface area (Å²) in [5, 5.41) is 0. The number of nitrogens with two attached hydrogens (primary N) is 1. The van der Waals surface area contributed by atoms with Crippen molar-refractivity contribution < 1.29 is 22.6 Å². The molecule has 5 nitrogen and oxygen atoms in total. The first-order valence-electron chi connectivity index (χ1n) is 8.06. The van der Waals surface area contributed by atoms with E-state index in [1.807, 2.05) is 0 Å². The third kappa shape index (κ3) is 3.61. The summed E-state index contributed by atoms with van der Waals surface area (Å²) in [5.41, 5.74) is 3.27. The topological polar surface area (TPSA) is 66.5 Å². The van der Waals surface area contributed by atoms with Crippen LogP contribution in [0.15, 0.2) is 41.2 Å². The molecule has 1 unspecified atom stereocenters. The van der Waals surface area contributed by atoms with Crippen LogP contribution in [-0.2, 0) is 22.2 Å². The molecule has 1 aromatic carbocycles. The summed E-state index contributed by atoms with van der Waals surface area (Å²) in [6, 6.07) is 9.30. The fraction of sp³-hybridized carbons (Fsp3) is 0.389.